The topological polar surface area (TPSA) is 79.0 Å². The van der Waals surface area contributed by atoms with E-state index >= 15 is 0 Å². The van der Waals surface area contributed by atoms with Gasteiger partial charge in [0.05, 0.1) is 5.69 Å². The van der Waals surface area contributed by atoms with Crippen LogP contribution in [0.3, 0.4) is 0 Å². The largest absolute Gasteiger partial charge is 0.476 e. The Labute approximate surface area is 196 Å². The maximum Gasteiger partial charge on any atom is 0.271 e. The minimum Gasteiger partial charge on any atom is -0.476 e. The molecule has 0 radical (unpaired) electrons. The number of carbonyl (C=O) groups excluding carboxylic acids is 3. The fourth-order valence-corrected chi connectivity index (χ4v) is 5.51. The van der Waals surface area contributed by atoms with E-state index in [0.29, 0.717) is 17.0 Å². The van der Waals surface area contributed by atoms with Crippen LogP contribution in [-0.4, -0.2) is 52.9 Å². The van der Waals surface area contributed by atoms with Crippen molar-refractivity contribution in [1.29, 1.82) is 0 Å². The van der Waals surface area contributed by atoms with Crippen LogP contribution in [0.1, 0.15) is 89.4 Å². The van der Waals surface area contributed by atoms with Gasteiger partial charge in [-0.2, -0.15) is 0 Å². The third-order valence-corrected chi connectivity index (χ3v) is 7.35. The van der Waals surface area contributed by atoms with E-state index in [1.165, 1.54) is 11.3 Å². The van der Waals surface area contributed by atoms with Gasteiger partial charge in [0.2, 0.25) is 5.91 Å². The van der Waals surface area contributed by atoms with Crippen molar-refractivity contribution in [2.75, 3.05) is 11.4 Å². The van der Waals surface area contributed by atoms with Crippen LogP contribution in [0.2, 0.25) is 0 Å². The summed E-state index contributed by atoms with van der Waals surface area (Å²) in [6.07, 6.45) is 8.54. The Hall–Kier alpha value is -2.57. The summed E-state index contributed by atoms with van der Waals surface area (Å²) >= 11 is 0. The number of carbonyl (C=O) groups is 3. The summed E-state index contributed by atoms with van der Waals surface area (Å²) in [5.74, 6) is 0.0298. The van der Waals surface area contributed by atoms with Gasteiger partial charge in [0.15, 0.2) is 5.60 Å². The number of anilines is 1. The fourth-order valence-electron chi connectivity index (χ4n) is 5.51. The first-order chi connectivity index (χ1) is 15.7. The molecule has 1 aromatic rings. The van der Waals surface area contributed by atoms with Crippen LogP contribution in [0.25, 0.3) is 0 Å². The van der Waals surface area contributed by atoms with Crippen LogP contribution in [0.4, 0.5) is 5.69 Å². The van der Waals surface area contributed by atoms with E-state index in [1.54, 1.807) is 32.0 Å². The summed E-state index contributed by atoms with van der Waals surface area (Å²) in [6.45, 7) is 7.51. The van der Waals surface area contributed by atoms with E-state index in [2.05, 4.69) is 19.2 Å². The van der Waals surface area contributed by atoms with Gasteiger partial charge in [0.25, 0.3) is 11.8 Å². The number of likely N-dealkylation sites (tertiary alicyclic amines) is 1. The van der Waals surface area contributed by atoms with Gasteiger partial charge >= 0.3 is 0 Å². The van der Waals surface area contributed by atoms with E-state index in [1.807, 2.05) is 4.90 Å². The van der Waals surface area contributed by atoms with E-state index in [9.17, 15) is 14.4 Å². The Morgan fingerprint density at radius 2 is 1.70 bits per heavy atom. The second kappa shape index (κ2) is 9.35. The van der Waals surface area contributed by atoms with Crippen molar-refractivity contribution in [1.82, 2.24) is 10.2 Å². The smallest absolute Gasteiger partial charge is 0.271 e. The van der Waals surface area contributed by atoms with Gasteiger partial charge in [0.1, 0.15) is 12.3 Å². The number of rotatable bonds is 4. The zero-order chi connectivity index (χ0) is 23.8. The lowest BCUT2D eigenvalue weighted by molar-refractivity contribution is -0.139. The first-order valence-corrected chi connectivity index (χ1v) is 12.4. The first kappa shape index (κ1) is 23.6. The second-order valence-electron chi connectivity index (χ2n) is 10.4. The molecule has 33 heavy (non-hydrogen) atoms. The average molecular weight is 456 g/mol. The van der Waals surface area contributed by atoms with Crippen LogP contribution in [0, 0.1) is 0 Å². The molecule has 7 heteroatoms. The number of piperidine rings is 1. The molecular weight excluding hydrogens is 418 g/mol. The molecule has 1 saturated heterocycles. The molecule has 0 unspecified atom stereocenters. The Bertz CT molecular complexity index is 912. The zero-order valence-electron chi connectivity index (χ0n) is 20.4. The van der Waals surface area contributed by atoms with Crippen molar-refractivity contribution in [3.63, 3.8) is 0 Å². The lowest BCUT2D eigenvalue weighted by Gasteiger charge is -2.42. The highest BCUT2D eigenvalue weighted by atomic mass is 16.5. The highest BCUT2D eigenvalue weighted by Crippen LogP contribution is 2.39. The third kappa shape index (κ3) is 4.87. The van der Waals surface area contributed by atoms with Crippen LogP contribution < -0.4 is 15.0 Å². The van der Waals surface area contributed by atoms with Crippen molar-refractivity contribution in [3.8, 4) is 5.75 Å². The highest BCUT2D eigenvalue weighted by Gasteiger charge is 2.43. The number of nitrogens with zero attached hydrogens (tertiary/aromatic N) is 2. The average Bonchev–Trinajstić information content (AvgIpc) is 2.77. The van der Waals surface area contributed by atoms with Gasteiger partial charge in [-0.1, -0.05) is 19.3 Å². The third-order valence-electron chi connectivity index (χ3n) is 7.35. The summed E-state index contributed by atoms with van der Waals surface area (Å²) in [6, 6.07) is 5.66. The molecule has 0 bridgehead atoms. The lowest BCUT2D eigenvalue weighted by atomic mass is 9.95. The van der Waals surface area contributed by atoms with E-state index < -0.39 is 5.60 Å². The molecule has 1 N–H and O–H groups in total. The Morgan fingerprint density at radius 3 is 2.36 bits per heavy atom. The van der Waals surface area contributed by atoms with Gasteiger partial charge in [0, 0.05) is 23.7 Å². The van der Waals surface area contributed by atoms with Crippen molar-refractivity contribution in [3.05, 3.63) is 23.8 Å². The van der Waals surface area contributed by atoms with E-state index in [-0.39, 0.29) is 42.4 Å². The quantitative estimate of drug-likeness (QED) is 0.743. The van der Waals surface area contributed by atoms with Crippen molar-refractivity contribution >= 4 is 23.4 Å². The monoisotopic (exact) mass is 455 g/mol. The molecule has 2 fully saturated rings. The zero-order valence-corrected chi connectivity index (χ0v) is 20.4. The molecule has 2 atom stereocenters. The molecular formula is C26H37N3O4. The predicted octanol–water partition coefficient (Wildman–Crippen LogP) is 4.04. The van der Waals surface area contributed by atoms with Gasteiger partial charge in [-0.3, -0.25) is 19.3 Å². The molecule has 4 rings (SSSR count). The molecule has 1 aromatic carbocycles. The van der Waals surface area contributed by atoms with Crippen molar-refractivity contribution < 1.29 is 19.1 Å². The van der Waals surface area contributed by atoms with Crippen LogP contribution in [-0.2, 0) is 9.59 Å². The lowest BCUT2D eigenvalue weighted by Crippen LogP contribution is -2.57. The standard InChI is InChI=1S/C26H37N3O4/c1-17-9-8-10-18(2)29(17)23(30)16-28-21-15-19(24(31)27-20-11-6-5-7-12-20)13-14-22(21)33-26(3,4)25(28)32/h13-15,17-18,20H,5-12,16H2,1-4H3,(H,27,31)/t17-,18+. The Balaban J connectivity index is 1.59. The number of ether oxygens (including phenoxy) is 1. The first-order valence-electron chi connectivity index (χ1n) is 12.4. The van der Waals surface area contributed by atoms with Gasteiger partial charge in [-0.25, -0.2) is 0 Å². The summed E-state index contributed by atoms with van der Waals surface area (Å²) in [5, 5.41) is 3.13. The fraction of sp³-hybridized carbons (Fsp3) is 0.654. The normalized spacial score (nSPS) is 25.3. The number of fused-ring (bicyclic) bond motifs is 1. The molecule has 180 valence electrons. The Kier molecular flexibility index (Phi) is 6.68. The highest BCUT2D eigenvalue weighted by molar-refractivity contribution is 6.07. The summed E-state index contributed by atoms with van der Waals surface area (Å²) in [7, 11) is 0. The van der Waals surface area contributed by atoms with Gasteiger partial charge in [-0.15, -0.1) is 0 Å². The molecule has 0 aromatic heterocycles. The van der Waals surface area contributed by atoms with Gasteiger partial charge in [-0.05, 0) is 78.0 Å². The molecule has 7 nitrogen and oxygen atoms in total. The number of benzene rings is 1. The number of hydrogen-bond donors (Lipinski definition) is 1. The molecule has 3 aliphatic rings. The summed E-state index contributed by atoms with van der Waals surface area (Å²) in [4.78, 5) is 43.0. The van der Waals surface area contributed by atoms with Crippen molar-refractivity contribution in [2.24, 2.45) is 0 Å². The second-order valence-corrected chi connectivity index (χ2v) is 10.4. The minimum absolute atomic E-state index is 0.0546. The maximum atomic E-state index is 13.3. The minimum atomic E-state index is -1.09. The maximum absolute atomic E-state index is 13.3. The molecule has 2 heterocycles. The summed E-state index contributed by atoms with van der Waals surface area (Å²) in [5.41, 5.74) is -0.118. The van der Waals surface area contributed by atoms with Crippen LogP contribution in [0.15, 0.2) is 18.2 Å². The van der Waals surface area contributed by atoms with Crippen molar-refractivity contribution in [2.45, 2.75) is 103 Å². The summed E-state index contributed by atoms with van der Waals surface area (Å²) < 4.78 is 5.97. The number of nitrogens with one attached hydrogen (secondary N) is 1. The molecule has 1 aliphatic carbocycles. The number of hydrogen-bond acceptors (Lipinski definition) is 4. The van der Waals surface area contributed by atoms with Crippen LogP contribution in [0.5, 0.6) is 5.75 Å². The SMILES string of the molecule is C[C@@H]1CCC[C@H](C)N1C(=O)CN1C(=O)C(C)(C)Oc2ccc(C(=O)NC3CCCCC3)cc21. The Morgan fingerprint density at radius 1 is 1.03 bits per heavy atom. The van der Waals surface area contributed by atoms with Gasteiger partial charge < -0.3 is 15.0 Å². The van der Waals surface area contributed by atoms with Crippen LogP contribution >= 0.6 is 0 Å². The predicted molar refractivity (Wildman–Crippen MR) is 127 cm³/mol. The molecule has 3 amide bonds. The molecule has 1 saturated carbocycles. The van der Waals surface area contributed by atoms with E-state index in [4.69, 9.17) is 4.74 Å². The number of amides is 3. The molecule has 2 aliphatic heterocycles. The molecule has 0 spiro atoms. The van der Waals surface area contributed by atoms with E-state index in [0.717, 1.165) is 44.9 Å².